The Morgan fingerprint density at radius 3 is 1.61 bits per heavy atom. The average Bonchev–Trinajstić information content (AvgIpc) is 2.69. The Kier molecular flexibility index (Phi) is 5.42. The van der Waals surface area contributed by atoms with Crippen molar-refractivity contribution in [3.05, 3.63) is 23.7 Å². The second kappa shape index (κ2) is 7.97. The first-order chi connectivity index (χ1) is 14.9. The van der Waals surface area contributed by atoms with Gasteiger partial charge < -0.3 is 33.2 Å². The van der Waals surface area contributed by atoms with Crippen LogP contribution in [0.2, 0.25) is 0 Å². The molecule has 0 aromatic rings. The third-order valence-corrected chi connectivity index (χ3v) is 6.83. The van der Waals surface area contributed by atoms with Crippen molar-refractivity contribution in [2.45, 2.75) is 50.1 Å². The van der Waals surface area contributed by atoms with Gasteiger partial charge >= 0.3 is 11.9 Å². The summed E-state index contributed by atoms with van der Waals surface area (Å²) < 4.78 is 40.6. The molecule has 2 saturated carbocycles. The minimum absolute atomic E-state index is 0.229. The lowest BCUT2D eigenvalue weighted by atomic mass is 9.65. The summed E-state index contributed by atoms with van der Waals surface area (Å²) in [5, 5.41) is 0. The van der Waals surface area contributed by atoms with Crippen LogP contribution < -0.4 is 0 Å². The molecule has 2 spiro atoms. The van der Waals surface area contributed by atoms with Gasteiger partial charge in [0.2, 0.25) is 0 Å². The summed E-state index contributed by atoms with van der Waals surface area (Å²) in [6, 6.07) is 0. The zero-order valence-corrected chi connectivity index (χ0v) is 17.8. The highest BCUT2D eigenvalue weighted by Gasteiger charge is 2.63. The number of esters is 2. The van der Waals surface area contributed by atoms with E-state index in [-0.39, 0.29) is 37.4 Å². The first-order valence-electron chi connectivity index (χ1n) is 10.9. The molecule has 0 radical (unpaired) electrons. The van der Waals surface area contributed by atoms with Gasteiger partial charge in [0.05, 0.1) is 63.7 Å². The van der Waals surface area contributed by atoms with Crippen LogP contribution in [-0.2, 0) is 42.7 Å². The summed E-state index contributed by atoms with van der Waals surface area (Å²) in [7, 11) is 0. The summed E-state index contributed by atoms with van der Waals surface area (Å²) in [6.07, 6.45) is 4.22. The van der Waals surface area contributed by atoms with Crippen molar-refractivity contribution in [1.29, 1.82) is 0 Å². The van der Waals surface area contributed by atoms with Gasteiger partial charge in [0, 0.05) is 0 Å². The monoisotopic (exact) mass is 436 g/mol. The minimum atomic E-state index is -0.868. The smallest absolute Gasteiger partial charge is 0.317 e. The van der Waals surface area contributed by atoms with E-state index in [1.54, 1.807) is 13.8 Å². The Hall–Kier alpha value is -1.78. The van der Waals surface area contributed by atoms with Crippen molar-refractivity contribution in [2.24, 2.45) is 11.8 Å². The van der Waals surface area contributed by atoms with Crippen LogP contribution in [0.1, 0.15) is 26.7 Å². The van der Waals surface area contributed by atoms with Crippen LogP contribution in [0.3, 0.4) is 0 Å². The summed E-state index contributed by atoms with van der Waals surface area (Å²) in [4.78, 5) is 24.7. The maximum atomic E-state index is 12.4. The van der Waals surface area contributed by atoms with Crippen LogP contribution in [0.15, 0.2) is 23.7 Å². The van der Waals surface area contributed by atoms with Gasteiger partial charge in [-0.1, -0.05) is 0 Å². The number of hydrogen-bond donors (Lipinski definition) is 0. The van der Waals surface area contributed by atoms with E-state index in [0.717, 1.165) is 0 Å². The highest BCUT2D eigenvalue weighted by atomic mass is 16.6. The number of rotatable bonds is 0. The molecule has 3 unspecified atom stereocenters. The molecular formula is C22H28O9. The molecule has 9 heteroatoms. The number of allylic oxidation sites excluding steroid dienone is 2. The van der Waals surface area contributed by atoms with Gasteiger partial charge in [0.1, 0.15) is 22.7 Å². The molecule has 3 fully saturated rings. The minimum Gasteiger partial charge on any atom is -0.431 e. The van der Waals surface area contributed by atoms with Gasteiger partial charge in [0.25, 0.3) is 0 Å². The van der Waals surface area contributed by atoms with Gasteiger partial charge in [0.15, 0.2) is 0 Å². The predicted octanol–water partition coefficient (Wildman–Crippen LogP) is 1.26. The van der Waals surface area contributed by atoms with E-state index in [4.69, 9.17) is 33.2 Å². The van der Waals surface area contributed by atoms with Crippen LogP contribution in [-0.4, -0.2) is 75.0 Å². The molecule has 1 saturated heterocycles. The fourth-order valence-corrected chi connectivity index (χ4v) is 5.30. The number of ether oxygens (including phenoxy) is 7. The van der Waals surface area contributed by atoms with Crippen molar-refractivity contribution in [1.82, 2.24) is 0 Å². The third-order valence-electron chi connectivity index (χ3n) is 6.83. The lowest BCUT2D eigenvalue weighted by Crippen LogP contribution is -2.67. The molecule has 0 amide bonds. The fourth-order valence-electron chi connectivity index (χ4n) is 5.30. The van der Waals surface area contributed by atoms with E-state index in [1.165, 1.54) is 0 Å². The van der Waals surface area contributed by atoms with E-state index >= 15 is 0 Å². The highest BCUT2D eigenvalue weighted by Crippen LogP contribution is 2.50. The van der Waals surface area contributed by atoms with Crippen molar-refractivity contribution >= 4 is 11.9 Å². The van der Waals surface area contributed by atoms with Crippen LogP contribution in [0, 0.1) is 11.8 Å². The maximum absolute atomic E-state index is 12.4. The molecule has 0 aromatic heterocycles. The summed E-state index contributed by atoms with van der Waals surface area (Å²) in [5.74, 6) is -0.400. The largest absolute Gasteiger partial charge is 0.431 e. The molecule has 5 aliphatic rings. The zero-order chi connectivity index (χ0) is 21.6. The van der Waals surface area contributed by atoms with Crippen molar-refractivity contribution in [3.63, 3.8) is 0 Å². The first-order valence-corrected chi connectivity index (χ1v) is 10.9. The van der Waals surface area contributed by atoms with E-state index < -0.39 is 23.0 Å². The number of carbonyl (C=O) groups excluding carboxylic acids is 2. The Labute approximate surface area is 180 Å². The zero-order valence-electron chi connectivity index (χ0n) is 17.8. The Morgan fingerprint density at radius 2 is 1.16 bits per heavy atom. The van der Waals surface area contributed by atoms with Gasteiger partial charge in [-0.15, -0.1) is 0 Å². The molecule has 170 valence electrons. The summed E-state index contributed by atoms with van der Waals surface area (Å²) in [6.45, 7) is 5.53. The molecule has 2 aliphatic carbocycles. The van der Waals surface area contributed by atoms with Gasteiger partial charge in [-0.05, 0) is 38.8 Å². The Bertz CT molecular complexity index is 754. The Morgan fingerprint density at radius 1 is 0.710 bits per heavy atom. The Balaban J connectivity index is 1.36. The number of carbonyl (C=O) groups is 2. The van der Waals surface area contributed by atoms with Gasteiger partial charge in [-0.25, -0.2) is 0 Å². The van der Waals surface area contributed by atoms with E-state index in [2.05, 4.69) is 0 Å². The van der Waals surface area contributed by atoms with Crippen LogP contribution >= 0.6 is 0 Å². The fraction of sp³-hybridized carbons (Fsp3) is 0.727. The standard InChI is InChI=1S/C22H28O9/c1-13-11-21-15(19(23)30-13)9-17(21)26-5-3-25-4-6-27-18-10-16-20(24)31-14(2)12-22(16,18)29-8-7-28-21/h11-12,15-18H,3-10H2,1-2H3/t15?,16?,17-,18?,21+,22+/m1/s1. The molecule has 0 bridgehead atoms. The normalized spacial score (nSPS) is 43.4. The van der Waals surface area contributed by atoms with Crippen LogP contribution in [0.25, 0.3) is 0 Å². The van der Waals surface area contributed by atoms with Gasteiger partial charge in [-0.2, -0.15) is 0 Å². The third kappa shape index (κ3) is 3.43. The van der Waals surface area contributed by atoms with Crippen molar-refractivity contribution in [3.8, 4) is 0 Å². The molecule has 9 nitrogen and oxygen atoms in total. The lowest BCUT2D eigenvalue weighted by molar-refractivity contribution is -0.250. The lowest BCUT2D eigenvalue weighted by Gasteiger charge is -2.54. The SMILES string of the molecule is CC1=C[C@@]23OCCO[C@@]45C=C(C)OC(=O)C4C[C@H]5OCCOCCOC2CC3C(=O)O1. The predicted molar refractivity (Wildman–Crippen MR) is 104 cm³/mol. The van der Waals surface area contributed by atoms with Gasteiger partial charge in [-0.3, -0.25) is 9.59 Å². The quantitative estimate of drug-likeness (QED) is 0.520. The first kappa shape index (κ1) is 21.1. The summed E-state index contributed by atoms with van der Waals surface area (Å²) >= 11 is 0. The molecule has 3 aliphatic heterocycles. The topological polar surface area (TPSA) is 98.8 Å². The second-order valence-corrected chi connectivity index (χ2v) is 8.66. The molecular weight excluding hydrogens is 408 g/mol. The average molecular weight is 436 g/mol. The van der Waals surface area contributed by atoms with E-state index in [9.17, 15) is 9.59 Å². The van der Waals surface area contributed by atoms with E-state index in [0.29, 0.717) is 50.8 Å². The molecule has 3 heterocycles. The van der Waals surface area contributed by atoms with Crippen LogP contribution in [0.4, 0.5) is 0 Å². The molecule has 31 heavy (non-hydrogen) atoms. The van der Waals surface area contributed by atoms with Crippen molar-refractivity contribution in [2.75, 3.05) is 39.6 Å². The molecule has 5 rings (SSSR count). The maximum Gasteiger partial charge on any atom is 0.317 e. The summed E-state index contributed by atoms with van der Waals surface area (Å²) in [5.41, 5.74) is -1.74. The second-order valence-electron chi connectivity index (χ2n) is 8.66. The van der Waals surface area contributed by atoms with Crippen molar-refractivity contribution < 1.29 is 42.7 Å². The number of hydrogen-bond acceptors (Lipinski definition) is 9. The van der Waals surface area contributed by atoms with Crippen LogP contribution in [0.5, 0.6) is 0 Å². The van der Waals surface area contributed by atoms with E-state index in [1.807, 2.05) is 12.2 Å². The number of cyclic esters (lactones) is 2. The molecule has 6 atom stereocenters. The highest BCUT2D eigenvalue weighted by molar-refractivity contribution is 5.79. The molecule has 0 N–H and O–H groups in total. The molecule has 0 aromatic carbocycles.